The molecule has 30 heavy (non-hydrogen) atoms. The van der Waals surface area contributed by atoms with Gasteiger partial charge in [0.1, 0.15) is 5.69 Å². The molecule has 2 aromatic carbocycles. The minimum Gasteiger partial charge on any atom is -0.493 e. The zero-order chi connectivity index (χ0) is 21.3. The third-order valence-corrected chi connectivity index (χ3v) is 4.93. The lowest BCUT2D eigenvalue weighted by atomic mass is 10.1. The van der Waals surface area contributed by atoms with Crippen LogP contribution in [0.2, 0.25) is 0 Å². The molecule has 0 unspecified atom stereocenters. The number of H-pyrrole nitrogens is 1. The van der Waals surface area contributed by atoms with Crippen LogP contribution >= 0.6 is 0 Å². The Bertz CT molecular complexity index is 1110. The lowest BCUT2D eigenvalue weighted by molar-refractivity contribution is -0.135. The number of nitrogens with zero attached hydrogens (tertiary/aromatic N) is 3. The molecule has 0 aliphatic carbocycles. The maximum Gasteiger partial charge on any atom is 0.259 e. The van der Waals surface area contributed by atoms with E-state index in [0.29, 0.717) is 28.7 Å². The predicted molar refractivity (Wildman–Crippen MR) is 111 cm³/mol. The van der Waals surface area contributed by atoms with Gasteiger partial charge in [0, 0.05) is 23.6 Å². The smallest absolute Gasteiger partial charge is 0.259 e. The quantitative estimate of drug-likeness (QED) is 0.699. The number of ether oxygens (including phenoxy) is 3. The predicted octanol–water partition coefficient (Wildman–Crippen LogP) is 3.64. The Morgan fingerprint density at radius 3 is 2.50 bits per heavy atom. The molecule has 4 rings (SSSR count). The van der Waals surface area contributed by atoms with E-state index in [9.17, 15) is 4.79 Å². The van der Waals surface area contributed by atoms with Crippen LogP contribution in [0.25, 0.3) is 11.3 Å². The number of rotatable bonds is 5. The maximum atomic E-state index is 12.3. The molecule has 1 aliphatic heterocycles. The highest BCUT2D eigenvalue weighted by Gasteiger charge is 2.35. The van der Waals surface area contributed by atoms with Crippen molar-refractivity contribution in [3.05, 3.63) is 65.4 Å². The van der Waals surface area contributed by atoms with Gasteiger partial charge < -0.3 is 14.2 Å². The second-order valence-corrected chi connectivity index (χ2v) is 6.79. The van der Waals surface area contributed by atoms with Crippen LogP contribution in [0.1, 0.15) is 30.0 Å². The number of benzene rings is 2. The molecule has 1 amide bonds. The van der Waals surface area contributed by atoms with Gasteiger partial charge >= 0.3 is 0 Å². The summed E-state index contributed by atoms with van der Waals surface area (Å²) in [5.41, 5.74) is 4.01. The molecule has 0 saturated heterocycles. The molecule has 0 radical (unpaired) electrons. The zero-order valence-corrected chi connectivity index (χ0v) is 17.2. The molecule has 1 aliphatic rings. The van der Waals surface area contributed by atoms with E-state index in [4.69, 9.17) is 14.2 Å². The summed E-state index contributed by atoms with van der Waals surface area (Å²) in [7, 11) is 3.12. The summed E-state index contributed by atoms with van der Waals surface area (Å²) >= 11 is 0. The Morgan fingerprint density at radius 1 is 1.10 bits per heavy atom. The molecule has 1 aromatic heterocycles. The van der Waals surface area contributed by atoms with E-state index in [0.717, 1.165) is 16.8 Å². The maximum absolute atomic E-state index is 12.3. The van der Waals surface area contributed by atoms with Crippen molar-refractivity contribution < 1.29 is 19.0 Å². The van der Waals surface area contributed by atoms with Crippen molar-refractivity contribution >= 4 is 11.8 Å². The molecule has 0 saturated carbocycles. The molecule has 154 valence electrons. The molecule has 0 bridgehead atoms. The Balaban J connectivity index is 1.68. The van der Waals surface area contributed by atoms with Gasteiger partial charge in [-0.2, -0.15) is 10.1 Å². The first-order valence-electron chi connectivity index (χ1n) is 9.41. The number of amides is 1. The van der Waals surface area contributed by atoms with E-state index in [1.54, 1.807) is 26.4 Å². The number of aromatic amines is 1. The lowest BCUT2D eigenvalue weighted by Crippen LogP contribution is -2.25. The summed E-state index contributed by atoms with van der Waals surface area (Å²) in [6.45, 7) is 3.38. The van der Waals surface area contributed by atoms with E-state index in [-0.39, 0.29) is 5.91 Å². The summed E-state index contributed by atoms with van der Waals surface area (Å²) in [6.07, 6.45) is -0.722. The molecule has 3 aromatic rings. The minimum atomic E-state index is -0.722. The number of hydrogen-bond donors (Lipinski definition) is 1. The summed E-state index contributed by atoms with van der Waals surface area (Å²) in [6, 6.07) is 15.2. The van der Waals surface area contributed by atoms with Crippen LogP contribution in [0.15, 0.2) is 53.6 Å². The Morgan fingerprint density at radius 2 is 1.83 bits per heavy atom. The third kappa shape index (κ3) is 3.36. The SMILES string of the molecule is COc1ccc([C@@H]2OC(c3[nH]nc(-c4ccccc4)c3C)=NN2C(C)=O)cc1OC. The van der Waals surface area contributed by atoms with Gasteiger partial charge in [-0.1, -0.05) is 30.3 Å². The molecule has 1 N–H and O–H groups in total. The number of carbonyl (C=O) groups excluding carboxylic acids is 1. The van der Waals surface area contributed by atoms with Crippen molar-refractivity contribution in [1.82, 2.24) is 15.2 Å². The van der Waals surface area contributed by atoms with Crippen LogP contribution in [0.3, 0.4) is 0 Å². The fourth-order valence-electron chi connectivity index (χ4n) is 3.37. The van der Waals surface area contributed by atoms with E-state index in [1.807, 2.05) is 43.3 Å². The second kappa shape index (κ2) is 7.90. The number of hydrazone groups is 1. The van der Waals surface area contributed by atoms with Crippen molar-refractivity contribution in [1.29, 1.82) is 0 Å². The first-order valence-corrected chi connectivity index (χ1v) is 9.41. The fourth-order valence-corrected chi connectivity index (χ4v) is 3.37. The van der Waals surface area contributed by atoms with E-state index in [2.05, 4.69) is 15.3 Å². The number of hydrogen-bond acceptors (Lipinski definition) is 6. The van der Waals surface area contributed by atoms with Crippen molar-refractivity contribution in [2.24, 2.45) is 5.10 Å². The van der Waals surface area contributed by atoms with Crippen molar-refractivity contribution in [2.45, 2.75) is 20.1 Å². The number of aromatic nitrogens is 2. The molecule has 0 spiro atoms. The summed E-state index contributed by atoms with van der Waals surface area (Å²) in [5, 5.41) is 13.1. The average Bonchev–Trinajstić information content (AvgIpc) is 3.37. The first-order chi connectivity index (χ1) is 14.5. The van der Waals surface area contributed by atoms with Gasteiger partial charge in [-0.3, -0.25) is 9.89 Å². The van der Waals surface area contributed by atoms with Gasteiger partial charge in [-0.15, -0.1) is 5.10 Å². The van der Waals surface area contributed by atoms with Crippen LogP contribution in [0, 0.1) is 6.92 Å². The highest BCUT2D eigenvalue weighted by Crippen LogP contribution is 2.36. The van der Waals surface area contributed by atoms with Crippen LogP contribution in [-0.4, -0.2) is 41.2 Å². The van der Waals surface area contributed by atoms with Crippen LogP contribution < -0.4 is 9.47 Å². The van der Waals surface area contributed by atoms with Crippen LogP contribution in [0.5, 0.6) is 11.5 Å². The monoisotopic (exact) mass is 406 g/mol. The minimum absolute atomic E-state index is 0.245. The summed E-state index contributed by atoms with van der Waals surface area (Å²) in [4.78, 5) is 12.3. The van der Waals surface area contributed by atoms with Crippen molar-refractivity contribution in [3.8, 4) is 22.8 Å². The largest absolute Gasteiger partial charge is 0.493 e. The van der Waals surface area contributed by atoms with E-state index < -0.39 is 6.23 Å². The topological polar surface area (TPSA) is 89.0 Å². The molecule has 1 atom stereocenters. The Labute approximate surface area is 174 Å². The first kappa shape index (κ1) is 19.5. The molecular weight excluding hydrogens is 384 g/mol. The van der Waals surface area contributed by atoms with E-state index in [1.165, 1.54) is 11.9 Å². The zero-order valence-electron chi connectivity index (χ0n) is 17.2. The summed E-state index contributed by atoms with van der Waals surface area (Å²) in [5.74, 6) is 1.19. The van der Waals surface area contributed by atoms with Gasteiger partial charge in [0.05, 0.1) is 19.9 Å². The Hall–Kier alpha value is -3.81. The second-order valence-electron chi connectivity index (χ2n) is 6.79. The van der Waals surface area contributed by atoms with E-state index >= 15 is 0 Å². The van der Waals surface area contributed by atoms with Gasteiger partial charge in [-0.05, 0) is 25.1 Å². The van der Waals surface area contributed by atoms with Crippen molar-refractivity contribution in [2.75, 3.05) is 14.2 Å². The van der Waals surface area contributed by atoms with Gasteiger partial charge in [0.15, 0.2) is 11.5 Å². The molecular formula is C22H22N4O4. The van der Waals surface area contributed by atoms with Gasteiger partial charge in [0.25, 0.3) is 5.90 Å². The molecule has 8 nitrogen and oxygen atoms in total. The summed E-state index contributed by atoms with van der Waals surface area (Å²) < 4.78 is 16.8. The highest BCUT2D eigenvalue weighted by molar-refractivity contribution is 5.97. The number of methoxy groups -OCH3 is 2. The molecule has 0 fully saturated rings. The molecule has 2 heterocycles. The number of nitrogens with one attached hydrogen (secondary N) is 1. The van der Waals surface area contributed by atoms with Gasteiger partial charge in [-0.25, -0.2) is 0 Å². The average molecular weight is 406 g/mol. The lowest BCUT2D eigenvalue weighted by Gasteiger charge is -2.20. The standard InChI is InChI=1S/C22H22N4O4/c1-13-19(15-8-6-5-7-9-15)23-24-20(13)21-25-26(14(2)27)22(30-21)16-10-11-17(28-3)18(12-16)29-4/h5-12,22H,1-4H3,(H,23,24)/t22-/m0/s1. The Kier molecular flexibility index (Phi) is 5.14. The van der Waals surface area contributed by atoms with Crippen molar-refractivity contribution in [3.63, 3.8) is 0 Å². The van der Waals surface area contributed by atoms with Gasteiger partial charge in [0.2, 0.25) is 12.1 Å². The normalized spacial score (nSPS) is 15.5. The fraction of sp³-hybridized carbons (Fsp3) is 0.227. The van der Waals surface area contributed by atoms with Crippen LogP contribution in [-0.2, 0) is 9.53 Å². The van der Waals surface area contributed by atoms with Crippen LogP contribution in [0.4, 0.5) is 0 Å². The number of carbonyl (C=O) groups is 1. The third-order valence-electron chi connectivity index (χ3n) is 4.93. The molecule has 8 heteroatoms. The highest BCUT2D eigenvalue weighted by atomic mass is 16.5.